The lowest BCUT2D eigenvalue weighted by atomic mass is 10.2. The summed E-state index contributed by atoms with van der Waals surface area (Å²) < 4.78 is 0. The van der Waals surface area contributed by atoms with Gasteiger partial charge in [-0.25, -0.2) is 0 Å². The Morgan fingerprint density at radius 3 is 2.48 bits per heavy atom. The van der Waals surface area contributed by atoms with Crippen molar-refractivity contribution in [1.29, 1.82) is 0 Å². The van der Waals surface area contributed by atoms with Gasteiger partial charge < -0.3 is 15.1 Å². The normalized spacial score (nSPS) is 15.0. The van der Waals surface area contributed by atoms with Crippen LogP contribution in [-0.4, -0.2) is 44.1 Å². The van der Waals surface area contributed by atoms with E-state index in [2.05, 4.69) is 17.3 Å². The number of non-ortho nitro benzene ring substituents is 1. The number of carbonyl (C=O) groups is 1. The summed E-state index contributed by atoms with van der Waals surface area (Å²) in [5.41, 5.74) is 1.97. The molecule has 0 aliphatic carbocycles. The first-order chi connectivity index (χ1) is 12.0. The number of amides is 1. The van der Waals surface area contributed by atoms with Crippen LogP contribution < -0.4 is 15.1 Å². The summed E-state index contributed by atoms with van der Waals surface area (Å²) in [4.78, 5) is 26.4. The lowest BCUT2D eigenvalue weighted by Gasteiger charge is -2.31. The van der Waals surface area contributed by atoms with E-state index in [-0.39, 0.29) is 17.2 Å². The molecule has 1 saturated heterocycles. The molecular formula is C18H21N4O3+. The third-order valence-corrected chi connectivity index (χ3v) is 4.43. The Hall–Kier alpha value is -2.93. The van der Waals surface area contributed by atoms with Crippen molar-refractivity contribution in [2.45, 2.75) is 0 Å². The van der Waals surface area contributed by atoms with Crippen molar-refractivity contribution < 1.29 is 14.6 Å². The predicted octanol–water partition coefficient (Wildman–Crippen LogP) is 1.18. The first kappa shape index (κ1) is 16.9. The topological polar surface area (TPSA) is 79.9 Å². The van der Waals surface area contributed by atoms with Crippen LogP contribution in [0.1, 0.15) is 10.4 Å². The van der Waals surface area contributed by atoms with Crippen molar-refractivity contribution in [3.63, 3.8) is 0 Å². The van der Waals surface area contributed by atoms with Gasteiger partial charge in [0.2, 0.25) is 0 Å². The average molecular weight is 341 g/mol. The lowest BCUT2D eigenvalue weighted by Crippen LogP contribution is -3.12. The predicted molar refractivity (Wildman–Crippen MR) is 96.3 cm³/mol. The van der Waals surface area contributed by atoms with Gasteiger partial charge in [-0.05, 0) is 30.3 Å². The molecule has 130 valence electrons. The average Bonchev–Trinajstić information content (AvgIpc) is 2.63. The van der Waals surface area contributed by atoms with E-state index >= 15 is 0 Å². The van der Waals surface area contributed by atoms with Crippen LogP contribution in [0.4, 0.5) is 17.1 Å². The molecule has 2 aromatic carbocycles. The van der Waals surface area contributed by atoms with Gasteiger partial charge in [0.1, 0.15) is 0 Å². The van der Waals surface area contributed by atoms with Crippen molar-refractivity contribution in [3.8, 4) is 0 Å². The van der Waals surface area contributed by atoms with Crippen LogP contribution in [0.5, 0.6) is 0 Å². The third-order valence-electron chi connectivity index (χ3n) is 4.43. The van der Waals surface area contributed by atoms with Gasteiger partial charge >= 0.3 is 0 Å². The van der Waals surface area contributed by atoms with Crippen LogP contribution in [0.15, 0.2) is 48.5 Å². The first-order valence-electron chi connectivity index (χ1n) is 8.25. The summed E-state index contributed by atoms with van der Waals surface area (Å²) in [6.07, 6.45) is 0. The van der Waals surface area contributed by atoms with Gasteiger partial charge in [-0.1, -0.05) is 6.07 Å². The van der Waals surface area contributed by atoms with E-state index in [1.807, 2.05) is 24.3 Å². The van der Waals surface area contributed by atoms with E-state index in [9.17, 15) is 14.9 Å². The summed E-state index contributed by atoms with van der Waals surface area (Å²) in [5, 5.41) is 13.6. The fourth-order valence-corrected chi connectivity index (χ4v) is 2.87. The molecule has 0 saturated carbocycles. The standard InChI is InChI=1S/C18H20N4O3/c1-20-9-11-21(12-10-20)16-7-5-15(6-8-16)19-18(23)14-3-2-4-17(13-14)22(24)25/h2-8,13H,9-12H2,1H3,(H,19,23)/p+1. The Morgan fingerprint density at radius 1 is 1.16 bits per heavy atom. The van der Waals surface area contributed by atoms with Gasteiger partial charge in [0.05, 0.1) is 38.2 Å². The van der Waals surface area contributed by atoms with E-state index < -0.39 is 4.92 Å². The van der Waals surface area contributed by atoms with Crippen molar-refractivity contribution >= 4 is 23.0 Å². The molecule has 0 spiro atoms. The molecule has 0 aromatic heterocycles. The molecule has 0 radical (unpaired) electrons. The number of quaternary nitrogens is 1. The number of hydrogen-bond donors (Lipinski definition) is 2. The van der Waals surface area contributed by atoms with Crippen LogP contribution >= 0.6 is 0 Å². The Balaban J connectivity index is 1.66. The molecular weight excluding hydrogens is 320 g/mol. The molecule has 0 unspecified atom stereocenters. The van der Waals surface area contributed by atoms with Gasteiger partial charge in [0.15, 0.2) is 0 Å². The number of nitrogens with zero attached hydrogens (tertiary/aromatic N) is 2. The molecule has 25 heavy (non-hydrogen) atoms. The zero-order valence-electron chi connectivity index (χ0n) is 14.1. The number of anilines is 2. The van der Waals surface area contributed by atoms with Crippen molar-refractivity contribution in [2.75, 3.05) is 43.4 Å². The quantitative estimate of drug-likeness (QED) is 0.646. The number of rotatable bonds is 4. The molecule has 3 rings (SSSR count). The fraction of sp³-hybridized carbons (Fsp3) is 0.278. The van der Waals surface area contributed by atoms with E-state index in [1.54, 1.807) is 6.07 Å². The van der Waals surface area contributed by atoms with Crippen molar-refractivity contribution in [1.82, 2.24) is 0 Å². The SMILES string of the molecule is C[NH+]1CCN(c2ccc(NC(=O)c3cccc([N+](=O)[O-])c3)cc2)CC1. The van der Waals surface area contributed by atoms with Crippen molar-refractivity contribution in [3.05, 3.63) is 64.2 Å². The molecule has 2 N–H and O–H groups in total. The summed E-state index contributed by atoms with van der Waals surface area (Å²) in [6, 6.07) is 13.4. The van der Waals surface area contributed by atoms with Gasteiger partial charge in [0.25, 0.3) is 11.6 Å². The van der Waals surface area contributed by atoms with Crippen LogP contribution in [0, 0.1) is 10.1 Å². The second-order valence-corrected chi connectivity index (χ2v) is 6.25. The minimum absolute atomic E-state index is 0.0970. The molecule has 0 bridgehead atoms. The smallest absolute Gasteiger partial charge is 0.270 e. The Kier molecular flexibility index (Phi) is 4.95. The second-order valence-electron chi connectivity index (χ2n) is 6.25. The van der Waals surface area contributed by atoms with Gasteiger partial charge in [0, 0.05) is 29.1 Å². The number of piperazine rings is 1. The van der Waals surface area contributed by atoms with Gasteiger partial charge in [-0.15, -0.1) is 0 Å². The minimum atomic E-state index is -0.511. The number of nitrogens with one attached hydrogen (secondary N) is 2. The van der Waals surface area contributed by atoms with Gasteiger partial charge in [-0.3, -0.25) is 14.9 Å². The molecule has 1 aliphatic heterocycles. The molecule has 1 heterocycles. The number of likely N-dealkylation sites (N-methyl/N-ethyl adjacent to an activating group) is 1. The maximum Gasteiger partial charge on any atom is 0.270 e. The largest absolute Gasteiger partial charge is 0.360 e. The number of nitro groups is 1. The number of hydrogen-bond acceptors (Lipinski definition) is 4. The van der Waals surface area contributed by atoms with E-state index in [1.165, 1.54) is 23.1 Å². The molecule has 1 fully saturated rings. The Bertz CT molecular complexity index is 768. The molecule has 0 atom stereocenters. The minimum Gasteiger partial charge on any atom is -0.360 e. The Labute approximate surface area is 146 Å². The fourth-order valence-electron chi connectivity index (χ4n) is 2.87. The highest BCUT2D eigenvalue weighted by Gasteiger charge is 2.17. The van der Waals surface area contributed by atoms with Crippen LogP contribution in [-0.2, 0) is 0 Å². The first-order valence-corrected chi connectivity index (χ1v) is 8.25. The second kappa shape index (κ2) is 7.31. The maximum absolute atomic E-state index is 12.3. The van der Waals surface area contributed by atoms with Crippen LogP contribution in [0.2, 0.25) is 0 Å². The highest BCUT2D eigenvalue weighted by atomic mass is 16.6. The summed E-state index contributed by atoms with van der Waals surface area (Å²) >= 11 is 0. The van der Waals surface area contributed by atoms with E-state index in [4.69, 9.17) is 0 Å². The number of nitro benzene ring substituents is 1. The summed E-state index contributed by atoms with van der Waals surface area (Å²) in [7, 11) is 2.20. The van der Waals surface area contributed by atoms with Gasteiger partial charge in [-0.2, -0.15) is 0 Å². The molecule has 1 aliphatic rings. The number of carbonyl (C=O) groups excluding carboxylic acids is 1. The number of benzene rings is 2. The zero-order valence-corrected chi connectivity index (χ0v) is 14.1. The monoisotopic (exact) mass is 341 g/mol. The zero-order chi connectivity index (χ0) is 17.8. The highest BCUT2D eigenvalue weighted by molar-refractivity contribution is 6.04. The summed E-state index contributed by atoms with van der Waals surface area (Å²) in [6.45, 7) is 4.27. The van der Waals surface area contributed by atoms with E-state index in [0.29, 0.717) is 5.69 Å². The molecule has 7 heteroatoms. The summed E-state index contributed by atoms with van der Waals surface area (Å²) in [5.74, 6) is -0.361. The third kappa shape index (κ3) is 4.13. The lowest BCUT2D eigenvalue weighted by molar-refractivity contribution is -0.880. The van der Waals surface area contributed by atoms with Crippen LogP contribution in [0.3, 0.4) is 0 Å². The van der Waals surface area contributed by atoms with Crippen molar-refractivity contribution in [2.24, 2.45) is 0 Å². The Morgan fingerprint density at radius 2 is 1.84 bits per heavy atom. The maximum atomic E-state index is 12.3. The molecule has 2 aromatic rings. The molecule has 7 nitrogen and oxygen atoms in total. The van der Waals surface area contributed by atoms with E-state index in [0.717, 1.165) is 31.9 Å². The molecule has 1 amide bonds. The van der Waals surface area contributed by atoms with Crippen LogP contribution in [0.25, 0.3) is 0 Å². The highest BCUT2D eigenvalue weighted by Crippen LogP contribution is 2.19.